The Bertz CT molecular complexity index is 473. The summed E-state index contributed by atoms with van der Waals surface area (Å²) in [6, 6.07) is 7.26. The van der Waals surface area contributed by atoms with Crippen LogP contribution in [0.4, 0.5) is 5.69 Å². The predicted octanol–water partition coefficient (Wildman–Crippen LogP) is 3.99. The van der Waals surface area contributed by atoms with Gasteiger partial charge in [0, 0.05) is 16.4 Å². The van der Waals surface area contributed by atoms with E-state index in [0.29, 0.717) is 10.7 Å². The summed E-state index contributed by atoms with van der Waals surface area (Å²) in [5.74, 6) is 1.99. The van der Waals surface area contributed by atoms with Crippen molar-refractivity contribution in [1.29, 1.82) is 0 Å². The molecule has 1 amide bonds. The van der Waals surface area contributed by atoms with Gasteiger partial charge in [0.2, 0.25) is 0 Å². The van der Waals surface area contributed by atoms with Gasteiger partial charge in [-0.2, -0.15) is 0 Å². The first-order chi connectivity index (χ1) is 8.18. The number of halogens is 1. The van der Waals surface area contributed by atoms with E-state index in [0.717, 1.165) is 21.3 Å². The zero-order valence-electron chi connectivity index (χ0n) is 9.33. The zero-order chi connectivity index (χ0) is 12.3. The van der Waals surface area contributed by atoms with Crippen LogP contribution in [0, 0.1) is 0 Å². The standard InChI is InChI=1S/C12H12ClNOS2/c1-8-11(17-7-6-16-8)12(15)14-10-5-3-2-4-9(10)13/h2-5H,6-7H2,1H3,(H,14,15). The summed E-state index contributed by atoms with van der Waals surface area (Å²) in [7, 11) is 0. The van der Waals surface area contributed by atoms with Gasteiger partial charge in [0.25, 0.3) is 5.91 Å². The second-order valence-electron chi connectivity index (χ2n) is 3.52. The van der Waals surface area contributed by atoms with Gasteiger partial charge in [-0.1, -0.05) is 23.7 Å². The highest BCUT2D eigenvalue weighted by Crippen LogP contribution is 2.34. The first-order valence-electron chi connectivity index (χ1n) is 5.21. The lowest BCUT2D eigenvalue weighted by atomic mass is 10.3. The molecule has 1 aromatic rings. The maximum Gasteiger partial charge on any atom is 0.262 e. The number of carbonyl (C=O) groups excluding carboxylic acids is 1. The van der Waals surface area contributed by atoms with Gasteiger partial charge in [0.1, 0.15) is 0 Å². The lowest BCUT2D eigenvalue weighted by Gasteiger charge is -2.16. The van der Waals surface area contributed by atoms with E-state index < -0.39 is 0 Å². The summed E-state index contributed by atoms with van der Waals surface area (Å²) in [6.45, 7) is 1.98. The number of rotatable bonds is 2. The number of amides is 1. The number of para-hydroxylation sites is 1. The van der Waals surface area contributed by atoms with Gasteiger partial charge in [-0.15, -0.1) is 23.5 Å². The SMILES string of the molecule is CC1=C(C(=O)Nc2ccccc2Cl)SCCS1. The van der Waals surface area contributed by atoms with E-state index in [4.69, 9.17) is 11.6 Å². The molecule has 5 heteroatoms. The Morgan fingerprint density at radius 2 is 2.00 bits per heavy atom. The topological polar surface area (TPSA) is 29.1 Å². The lowest BCUT2D eigenvalue weighted by molar-refractivity contribution is -0.112. The molecule has 1 N–H and O–H groups in total. The summed E-state index contributed by atoms with van der Waals surface area (Å²) in [4.78, 5) is 14.0. The van der Waals surface area contributed by atoms with Crippen LogP contribution in [-0.4, -0.2) is 17.4 Å². The van der Waals surface area contributed by atoms with E-state index >= 15 is 0 Å². The normalized spacial score (nSPS) is 15.9. The van der Waals surface area contributed by atoms with Crippen molar-refractivity contribution < 1.29 is 4.79 Å². The van der Waals surface area contributed by atoms with E-state index in [1.54, 1.807) is 35.7 Å². The minimum atomic E-state index is -0.0622. The summed E-state index contributed by atoms with van der Waals surface area (Å²) < 4.78 is 0. The molecule has 1 aliphatic heterocycles. The van der Waals surface area contributed by atoms with Gasteiger partial charge in [-0.3, -0.25) is 4.79 Å². The molecule has 17 heavy (non-hydrogen) atoms. The summed E-state index contributed by atoms with van der Waals surface area (Å²) in [5.41, 5.74) is 0.663. The number of carbonyl (C=O) groups is 1. The van der Waals surface area contributed by atoms with Crippen LogP contribution in [0.3, 0.4) is 0 Å². The maximum atomic E-state index is 12.1. The molecule has 0 saturated heterocycles. The fourth-order valence-corrected chi connectivity index (χ4v) is 3.80. The Morgan fingerprint density at radius 3 is 2.71 bits per heavy atom. The van der Waals surface area contributed by atoms with Crippen LogP contribution in [0.1, 0.15) is 6.92 Å². The number of hydrogen-bond acceptors (Lipinski definition) is 3. The molecule has 2 nitrogen and oxygen atoms in total. The molecule has 0 bridgehead atoms. The van der Waals surface area contributed by atoms with Crippen molar-refractivity contribution in [3.8, 4) is 0 Å². The Morgan fingerprint density at radius 1 is 1.29 bits per heavy atom. The molecule has 0 aromatic heterocycles. The second-order valence-corrected chi connectivity index (χ2v) is 6.34. The summed E-state index contributed by atoms with van der Waals surface area (Å²) >= 11 is 9.34. The lowest BCUT2D eigenvalue weighted by Crippen LogP contribution is -2.16. The summed E-state index contributed by atoms with van der Waals surface area (Å²) in [6.07, 6.45) is 0. The first kappa shape index (κ1) is 12.9. The number of thioether (sulfide) groups is 2. The van der Waals surface area contributed by atoms with Gasteiger partial charge in [-0.25, -0.2) is 0 Å². The van der Waals surface area contributed by atoms with Crippen LogP contribution >= 0.6 is 35.1 Å². The molecule has 0 aliphatic carbocycles. The van der Waals surface area contributed by atoms with Crippen molar-refractivity contribution in [2.45, 2.75) is 6.92 Å². The Labute approximate surface area is 114 Å². The monoisotopic (exact) mass is 285 g/mol. The number of allylic oxidation sites excluding steroid dienone is 1. The fourth-order valence-electron chi connectivity index (χ4n) is 1.47. The molecule has 1 aliphatic rings. The minimum absolute atomic E-state index is 0.0622. The van der Waals surface area contributed by atoms with Gasteiger partial charge in [0.15, 0.2) is 0 Å². The predicted molar refractivity (Wildman–Crippen MR) is 77.7 cm³/mol. The molecule has 2 rings (SSSR count). The number of nitrogens with one attached hydrogen (secondary N) is 1. The molecule has 90 valence electrons. The quantitative estimate of drug-likeness (QED) is 0.891. The number of hydrogen-bond donors (Lipinski definition) is 1. The van der Waals surface area contributed by atoms with E-state index in [1.807, 2.05) is 19.1 Å². The van der Waals surface area contributed by atoms with Crippen LogP contribution in [0.25, 0.3) is 0 Å². The van der Waals surface area contributed by atoms with Crippen LogP contribution in [0.2, 0.25) is 5.02 Å². The summed E-state index contributed by atoms with van der Waals surface area (Å²) in [5, 5.41) is 3.41. The Hall–Kier alpha value is -0.580. The highest BCUT2D eigenvalue weighted by molar-refractivity contribution is 8.10. The van der Waals surface area contributed by atoms with Gasteiger partial charge in [0.05, 0.1) is 15.6 Å². The number of anilines is 1. The molecular formula is C12H12ClNOS2. The minimum Gasteiger partial charge on any atom is -0.320 e. The van der Waals surface area contributed by atoms with Crippen molar-refractivity contribution in [2.24, 2.45) is 0 Å². The van der Waals surface area contributed by atoms with Crippen molar-refractivity contribution in [2.75, 3.05) is 16.8 Å². The molecule has 0 fully saturated rings. The largest absolute Gasteiger partial charge is 0.320 e. The van der Waals surface area contributed by atoms with E-state index in [2.05, 4.69) is 5.32 Å². The molecule has 0 spiro atoms. The fraction of sp³-hybridized carbons (Fsp3) is 0.250. The highest BCUT2D eigenvalue weighted by atomic mass is 35.5. The third kappa shape index (κ3) is 3.21. The molecule has 0 saturated carbocycles. The van der Waals surface area contributed by atoms with Crippen molar-refractivity contribution in [3.63, 3.8) is 0 Å². The van der Waals surface area contributed by atoms with Crippen molar-refractivity contribution in [1.82, 2.24) is 0 Å². The van der Waals surface area contributed by atoms with Crippen molar-refractivity contribution in [3.05, 3.63) is 39.1 Å². The van der Waals surface area contributed by atoms with E-state index in [-0.39, 0.29) is 5.91 Å². The third-order valence-corrected chi connectivity index (χ3v) is 5.25. The molecule has 1 heterocycles. The average Bonchev–Trinajstić information content (AvgIpc) is 2.32. The van der Waals surface area contributed by atoms with Crippen molar-refractivity contribution >= 4 is 46.7 Å². The Balaban J connectivity index is 2.15. The molecule has 0 radical (unpaired) electrons. The van der Waals surface area contributed by atoms with Crippen LogP contribution in [-0.2, 0) is 4.79 Å². The van der Waals surface area contributed by atoms with Gasteiger partial charge < -0.3 is 5.32 Å². The van der Waals surface area contributed by atoms with Gasteiger partial charge >= 0.3 is 0 Å². The molecule has 1 aromatic carbocycles. The molecular weight excluding hydrogens is 274 g/mol. The van der Waals surface area contributed by atoms with Crippen LogP contribution < -0.4 is 5.32 Å². The molecule has 0 unspecified atom stereocenters. The zero-order valence-corrected chi connectivity index (χ0v) is 11.7. The highest BCUT2D eigenvalue weighted by Gasteiger charge is 2.18. The second kappa shape index (κ2) is 5.85. The first-order valence-corrected chi connectivity index (χ1v) is 7.56. The van der Waals surface area contributed by atoms with E-state index in [1.165, 1.54) is 0 Å². The van der Waals surface area contributed by atoms with Gasteiger partial charge in [-0.05, 0) is 19.1 Å². The maximum absolute atomic E-state index is 12.1. The molecule has 0 atom stereocenters. The smallest absolute Gasteiger partial charge is 0.262 e. The van der Waals surface area contributed by atoms with E-state index in [9.17, 15) is 4.79 Å². The number of benzene rings is 1. The third-order valence-electron chi connectivity index (χ3n) is 2.30. The Kier molecular flexibility index (Phi) is 4.42. The van der Waals surface area contributed by atoms with Crippen LogP contribution in [0.5, 0.6) is 0 Å². The average molecular weight is 286 g/mol. The van der Waals surface area contributed by atoms with Crippen LogP contribution in [0.15, 0.2) is 34.1 Å².